The summed E-state index contributed by atoms with van der Waals surface area (Å²) >= 11 is 3.52. The number of rotatable bonds is 7. The van der Waals surface area contributed by atoms with Gasteiger partial charge in [0.05, 0.1) is 19.8 Å². The number of methoxy groups -OCH3 is 1. The summed E-state index contributed by atoms with van der Waals surface area (Å²) in [5.74, 6) is 0.963. The van der Waals surface area contributed by atoms with Crippen molar-refractivity contribution in [1.82, 2.24) is 5.32 Å². The molecular weight excluding hydrogens is 322 g/mol. The van der Waals surface area contributed by atoms with Crippen LogP contribution >= 0.6 is 15.9 Å². The third-order valence-corrected chi connectivity index (χ3v) is 3.78. The van der Waals surface area contributed by atoms with Crippen LogP contribution in [-0.4, -0.2) is 39.6 Å². The van der Waals surface area contributed by atoms with Crippen LogP contribution in [0.2, 0.25) is 0 Å². The van der Waals surface area contributed by atoms with Crippen molar-refractivity contribution in [3.8, 4) is 5.75 Å². The van der Waals surface area contributed by atoms with Crippen LogP contribution in [0.5, 0.6) is 5.75 Å². The first-order valence-electron chi connectivity index (χ1n) is 7.02. The second-order valence-electron chi connectivity index (χ2n) is 4.85. The third-order valence-electron chi connectivity index (χ3n) is 3.28. The predicted octanol–water partition coefficient (Wildman–Crippen LogP) is 2.74. The summed E-state index contributed by atoms with van der Waals surface area (Å²) in [5.41, 5.74) is 1.17. The maximum atomic E-state index is 6.13. The van der Waals surface area contributed by atoms with E-state index in [-0.39, 0.29) is 6.10 Å². The molecule has 0 radical (unpaired) electrons. The van der Waals surface area contributed by atoms with E-state index in [0.717, 1.165) is 49.4 Å². The van der Waals surface area contributed by atoms with Gasteiger partial charge in [-0.3, -0.25) is 0 Å². The maximum Gasteiger partial charge on any atom is 0.124 e. The Kier molecular flexibility index (Phi) is 6.79. The lowest BCUT2D eigenvalue weighted by Gasteiger charge is -2.24. The molecule has 112 valence electrons. The number of benzene rings is 1. The Bertz CT molecular complexity index is 408. The van der Waals surface area contributed by atoms with E-state index < -0.39 is 0 Å². The normalized spacial score (nSPS) is 16.3. The van der Waals surface area contributed by atoms with Gasteiger partial charge in [-0.05, 0) is 18.2 Å². The average Bonchev–Trinajstić information content (AvgIpc) is 2.47. The Labute approximate surface area is 128 Å². The van der Waals surface area contributed by atoms with E-state index in [2.05, 4.69) is 27.3 Å². The number of ether oxygens (including phenoxy) is 3. The zero-order valence-electron chi connectivity index (χ0n) is 11.9. The first-order valence-corrected chi connectivity index (χ1v) is 7.81. The molecule has 20 heavy (non-hydrogen) atoms. The molecule has 1 aromatic carbocycles. The largest absolute Gasteiger partial charge is 0.490 e. The molecule has 0 amide bonds. The van der Waals surface area contributed by atoms with E-state index >= 15 is 0 Å². The Morgan fingerprint density at radius 2 is 2.15 bits per heavy atom. The van der Waals surface area contributed by atoms with Crippen LogP contribution in [0.4, 0.5) is 0 Å². The molecular formula is C15H22BrNO3. The molecule has 1 aliphatic rings. The number of hydrogen-bond acceptors (Lipinski definition) is 4. The number of hydrogen-bond donors (Lipinski definition) is 1. The van der Waals surface area contributed by atoms with Gasteiger partial charge in [-0.1, -0.05) is 15.9 Å². The lowest BCUT2D eigenvalue weighted by molar-refractivity contribution is 0.0251. The van der Waals surface area contributed by atoms with Crippen LogP contribution in [0, 0.1) is 0 Å². The van der Waals surface area contributed by atoms with Gasteiger partial charge in [0.25, 0.3) is 0 Å². The molecule has 0 saturated carbocycles. The highest BCUT2D eigenvalue weighted by Gasteiger charge is 2.16. The predicted molar refractivity (Wildman–Crippen MR) is 82.2 cm³/mol. The Hall–Kier alpha value is -0.620. The molecule has 0 atom stereocenters. The molecule has 0 unspecified atom stereocenters. The lowest BCUT2D eigenvalue weighted by Crippen LogP contribution is -2.26. The zero-order chi connectivity index (χ0) is 14.2. The van der Waals surface area contributed by atoms with Crippen molar-refractivity contribution in [2.24, 2.45) is 0 Å². The van der Waals surface area contributed by atoms with Crippen molar-refractivity contribution in [1.29, 1.82) is 0 Å². The molecule has 1 heterocycles. The van der Waals surface area contributed by atoms with Crippen molar-refractivity contribution in [2.45, 2.75) is 25.5 Å². The molecule has 0 bridgehead atoms. The highest BCUT2D eigenvalue weighted by Crippen LogP contribution is 2.26. The van der Waals surface area contributed by atoms with Gasteiger partial charge in [-0.2, -0.15) is 0 Å². The summed E-state index contributed by atoms with van der Waals surface area (Å²) < 4.78 is 17.6. The molecule has 1 aliphatic heterocycles. The van der Waals surface area contributed by atoms with E-state index in [9.17, 15) is 0 Å². The van der Waals surface area contributed by atoms with Gasteiger partial charge < -0.3 is 19.5 Å². The number of halogens is 1. The third kappa shape index (κ3) is 5.05. The van der Waals surface area contributed by atoms with Crippen molar-refractivity contribution in [3.63, 3.8) is 0 Å². The van der Waals surface area contributed by atoms with Crippen LogP contribution in [0.3, 0.4) is 0 Å². The topological polar surface area (TPSA) is 39.7 Å². The Morgan fingerprint density at radius 1 is 1.35 bits per heavy atom. The van der Waals surface area contributed by atoms with Crippen molar-refractivity contribution < 1.29 is 14.2 Å². The molecule has 1 fully saturated rings. The van der Waals surface area contributed by atoms with E-state index in [1.807, 2.05) is 12.1 Å². The fourth-order valence-corrected chi connectivity index (χ4v) is 2.58. The summed E-state index contributed by atoms with van der Waals surface area (Å²) in [7, 11) is 1.71. The summed E-state index contributed by atoms with van der Waals surface area (Å²) in [6, 6.07) is 6.16. The first kappa shape index (κ1) is 15.8. The molecule has 1 saturated heterocycles. The van der Waals surface area contributed by atoms with E-state index in [4.69, 9.17) is 14.2 Å². The average molecular weight is 344 g/mol. The Morgan fingerprint density at radius 3 is 2.90 bits per heavy atom. The Balaban J connectivity index is 1.95. The first-order chi connectivity index (χ1) is 9.79. The highest BCUT2D eigenvalue weighted by atomic mass is 79.9. The molecule has 2 rings (SSSR count). The molecule has 1 aromatic rings. The van der Waals surface area contributed by atoms with Crippen LogP contribution in [0.1, 0.15) is 18.4 Å². The SMILES string of the molecule is COCCNCc1cc(Br)ccc1OC1CCOCC1. The fraction of sp³-hybridized carbons (Fsp3) is 0.600. The van der Waals surface area contributed by atoms with E-state index in [1.165, 1.54) is 5.56 Å². The quantitative estimate of drug-likeness (QED) is 0.772. The minimum atomic E-state index is 0.266. The monoisotopic (exact) mass is 343 g/mol. The summed E-state index contributed by atoms with van der Waals surface area (Å²) in [6.45, 7) is 3.91. The van der Waals surface area contributed by atoms with Gasteiger partial charge in [0, 0.05) is 43.1 Å². The van der Waals surface area contributed by atoms with Crippen LogP contribution < -0.4 is 10.1 Å². The van der Waals surface area contributed by atoms with Gasteiger partial charge >= 0.3 is 0 Å². The summed E-state index contributed by atoms with van der Waals surface area (Å²) in [6.07, 6.45) is 2.20. The van der Waals surface area contributed by atoms with Crippen LogP contribution in [-0.2, 0) is 16.0 Å². The van der Waals surface area contributed by atoms with E-state index in [0.29, 0.717) is 6.61 Å². The standard InChI is InChI=1S/C15H22BrNO3/c1-18-9-6-17-11-12-10-13(16)2-3-15(12)20-14-4-7-19-8-5-14/h2-3,10,14,17H,4-9,11H2,1H3. The summed E-state index contributed by atoms with van der Waals surface area (Å²) in [5, 5.41) is 3.36. The van der Waals surface area contributed by atoms with Crippen LogP contribution in [0.15, 0.2) is 22.7 Å². The maximum absolute atomic E-state index is 6.13. The smallest absolute Gasteiger partial charge is 0.124 e. The molecule has 0 aliphatic carbocycles. The summed E-state index contributed by atoms with van der Waals surface area (Å²) in [4.78, 5) is 0. The zero-order valence-corrected chi connectivity index (χ0v) is 13.4. The van der Waals surface area contributed by atoms with E-state index in [1.54, 1.807) is 7.11 Å². The second kappa shape index (κ2) is 8.62. The van der Waals surface area contributed by atoms with Crippen molar-refractivity contribution in [2.75, 3.05) is 33.5 Å². The van der Waals surface area contributed by atoms with Gasteiger partial charge in [0.2, 0.25) is 0 Å². The van der Waals surface area contributed by atoms with Crippen LogP contribution in [0.25, 0.3) is 0 Å². The lowest BCUT2D eigenvalue weighted by atomic mass is 10.1. The van der Waals surface area contributed by atoms with Crippen molar-refractivity contribution >= 4 is 15.9 Å². The minimum Gasteiger partial charge on any atom is -0.490 e. The fourth-order valence-electron chi connectivity index (χ4n) is 2.17. The van der Waals surface area contributed by atoms with Crippen molar-refractivity contribution in [3.05, 3.63) is 28.2 Å². The molecule has 0 aromatic heterocycles. The van der Waals surface area contributed by atoms with Gasteiger partial charge in [0.1, 0.15) is 11.9 Å². The molecule has 5 heteroatoms. The molecule has 1 N–H and O–H groups in total. The number of nitrogens with one attached hydrogen (secondary N) is 1. The highest BCUT2D eigenvalue weighted by molar-refractivity contribution is 9.10. The molecule has 0 spiro atoms. The van der Waals surface area contributed by atoms with Gasteiger partial charge in [0.15, 0.2) is 0 Å². The molecule has 4 nitrogen and oxygen atoms in total. The van der Waals surface area contributed by atoms with Gasteiger partial charge in [-0.15, -0.1) is 0 Å². The van der Waals surface area contributed by atoms with Gasteiger partial charge in [-0.25, -0.2) is 0 Å². The minimum absolute atomic E-state index is 0.266. The second-order valence-corrected chi connectivity index (χ2v) is 5.77.